The van der Waals surface area contributed by atoms with E-state index >= 15 is 0 Å². The summed E-state index contributed by atoms with van der Waals surface area (Å²) in [6, 6.07) is 5.43. The van der Waals surface area contributed by atoms with E-state index in [0.717, 1.165) is 15.5 Å². The fraction of sp³-hybridized carbons (Fsp3) is 0.316. The maximum absolute atomic E-state index is 12.3. The standard InChI is InChI=1S/C19H22N4O4S3/c1-12-6-5-7-13(8-12)30(25,26)23-17(24)22-18-21-10-16(29-18)28-11-15-20-9-14(27-15)19(2,3)4/h5-10H,11H2,1-4H3,(H2,21,22,23,24). The van der Waals surface area contributed by atoms with Crippen LogP contribution in [0.4, 0.5) is 9.93 Å². The number of thiazole rings is 1. The monoisotopic (exact) mass is 466 g/mol. The summed E-state index contributed by atoms with van der Waals surface area (Å²) in [7, 11) is -3.96. The molecule has 0 fully saturated rings. The highest BCUT2D eigenvalue weighted by atomic mass is 32.2. The summed E-state index contributed by atoms with van der Waals surface area (Å²) in [5, 5.41) is 2.74. The van der Waals surface area contributed by atoms with E-state index in [2.05, 4.69) is 36.1 Å². The number of aromatic nitrogens is 2. The number of benzene rings is 1. The molecule has 2 heterocycles. The molecule has 3 aromatic rings. The Hall–Kier alpha value is -2.37. The summed E-state index contributed by atoms with van der Waals surface area (Å²) >= 11 is 2.70. The summed E-state index contributed by atoms with van der Waals surface area (Å²) < 4.78 is 33.2. The van der Waals surface area contributed by atoms with E-state index in [0.29, 0.717) is 11.6 Å². The number of rotatable bonds is 6. The van der Waals surface area contributed by atoms with Crippen molar-refractivity contribution in [3.8, 4) is 0 Å². The van der Waals surface area contributed by atoms with Crippen LogP contribution in [0.3, 0.4) is 0 Å². The molecule has 0 spiro atoms. The van der Waals surface area contributed by atoms with E-state index < -0.39 is 16.1 Å². The maximum Gasteiger partial charge on any atom is 0.334 e. The number of sulfonamides is 1. The fourth-order valence-electron chi connectivity index (χ4n) is 2.33. The number of thioether (sulfide) groups is 1. The number of aryl methyl sites for hydroxylation is 1. The lowest BCUT2D eigenvalue weighted by atomic mass is 9.94. The number of oxazole rings is 1. The average molecular weight is 467 g/mol. The number of nitrogens with one attached hydrogen (secondary N) is 2. The van der Waals surface area contributed by atoms with Crippen molar-refractivity contribution in [2.75, 3.05) is 5.32 Å². The van der Waals surface area contributed by atoms with Crippen molar-refractivity contribution in [1.82, 2.24) is 14.7 Å². The number of amides is 2. The quantitative estimate of drug-likeness (QED) is 0.513. The Kier molecular flexibility index (Phi) is 6.53. The molecule has 0 saturated carbocycles. The second-order valence-electron chi connectivity index (χ2n) is 7.52. The summed E-state index contributed by atoms with van der Waals surface area (Å²) in [6.07, 6.45) is 3.34. The van der Waals surface area contributed by atoms with Gasteiger partial charge in [-0.15, -0.1) is 11.8 Å². The van der Waals surface area contributed by atoms with Crippen molar-refractivity contribution in [1.29, 1.82) is 0 Å². The lowest BCUT2D eigenvalue weighted by molar-refractivity contribution is 0.256. The first-order valence-electron chi connectivity index (χ1n) is 8.97. The molecular formula is C19H22N4O4S3. The van der Waals surface area contributed by atoms with Crippen molar-refractivity contribution < 1.29 is 17.6 Å². The van der Waals surface area contributed by atoms with E-state index in [1.807, 2.05) is 4.72 Å². The second-order valence-corrected chi connectivity index (χ2v) is 11.5. The zero-order valence-electron chi connectivity index (χ0n) is 16.9. The smallest absolute Gasteiger partial charge is 0.334 e. The minimum atomic E-state index is -3.96. The Bertz CT molecular complexity index is 1150. The van der Waals surface area contributed by atoms with Gasteiger partial charge in [0.05, 0.1) is 27.3 Å². The first kappa shape index (κ1) is 22.3. The summed E-state index contributed by atoms with van der Waals surface area (Å²) in [5.74, 6) is 1.94. The van der Waals surface area contributed by atoms with Crippen LogP contribution < -0.4 is 10.0 Å². The predicted molar refractivity (Wildman–Crippen MR) is 117 cm³/mol. The van der Waals surface area contributed by atoms with Gasteiger partial charge in [0.1, 0.15) is 5.76 Å². The third kappa shape index (κ3) is 5.83. The Morgan fingerprint density at radius 3 is 2.67 bits per heavy atom. The third-order valence-corrected chi connectivity index (χ3v) is 7.28. The molecule has 0 aliphatic carbocycles. The van der Waals surface area contributed by atoms with Crippen molar-refractivity contribution in [2.24, 2.45) is 0 Å². The first-order valence-corrected chi connectivity index (χ1v) is 12.3. The Balaban J connectivity index is 1.56. The average Bonchev–Trinajstić information content (AvgIpc) is 3.28. The normalized spacial score (nSPS) is 12.0. The van der Waals surface area contributed by atoms with Gasteiger partial charge in [0.15, 0.2) is 5.13 Å². The van der Waals surface area contributed by atoms with Crippen molar-refractivity contribution in [3.63, 3.8) is 0 Å². The van der Waals surface area contributed by atoms with E-state index in [1.54, 1.807) is 31.5 Å². The highest BCUT2D eigenvalue weighted by Gasteiger charge is 2.20. The van der Waals surface area contributed by atoms with Gasteiger partial charge in [-0.2, -0.15) is 0 Å². The number of urea groups is 1. The fourth-order valence-corrected chi connectivity index (χ4v) is 5.06. The van der Waals surface area contributed by atoms with Gasteiger partial charge in [-0.3, -0.25) is 5.32 Å². The highest BCUT2D eigenvalue weighted by Crippen LogP contribution is 2.31. The van der Waals surface area contributed by atoms with Crippen LogP contribution in [0, 0.1) is 6.92 Å². The first-order chi connectivity index (χ1) is 14.0. The summed E-state index contributed by atoms with van der Waals surface area (Å²) in [5.41, 5.74) is 0.671. The molecule has 0 saturated heterocycles. The van der Waals surface area contributed by atoms with Gasteiger partial charge >= 0.3 is 6.03 Å². The summed E-state index contributed by atoms with van der Waals surface area (Å²) in [6.45, 7) is 7.93. The minimum absolute atomic E-state index is 0.0219. The van der Waals surface area contributed by atoms with Gasteiger partial charge in [0.25, 0.3) is 10.0 Å². The van der Waals surface area contributed by atoms with Gasteiger partial charge < -0.3 is 4.42 Å². The molecule has 0 unspecified atom stereocenters. The molecule has 3 rings (SSSR count). The number of anilines is 1. The molecule has 2 amide bonds. The number of hydrogen-bond donors (Lipinski definition) is 2. The van der Waals surface area contributed by atoms with Crippen LogP contribution >= 0.6 is 23.1 Å². The molecule has 0 atom stereocenters. The lowest BCUT2D eigenvalue weighted by Gasteiger charge is -2.12. The molecule has 30 heavy (non-hydrogen) atoms. The van der Waals surface area contributed by atoms with Gasteiger partial charge in [0.2, 0.25) is 5.89 Å². The van der Waals surface area contributed by atoms with Crippen molar-refractivity contribution in [3.05, 3.63) is 53.9 Å². The molecule has 11 heteroatoms. The molecule has 0 bridgehead atoms. The zero-order valence-corrected chi connectivity index (χ0v) is 19.4. The van der Waals surface area contributed by atoms with Crippen LogP contribution in [0.1, 0.15) is 38.0 Å². The van der Waals surface area contributed by atoms with E-state index in [9.17, 15) is 13.2 Å². The van der Waals surface area contributed by atoms with Crippen molar-refractivity contribution in [2.45, 2.75) is 48.0 Å². The highest BCUT2D eigenvalue weighted by molar-refractivity contribution is 8.00. The minimum Gasteiger partial charge on any atom is -0.444 e. The van der Waals surface area contributed by atoms with Gasteiger partial charge in [-0.1, -0.05) is 44.2 Å². The van der Waals surface area contributed by atoms with Crippen LogP contribution in [0.25, 0.3) is 0 Å². The molecule has 0 aliphatic rings. The number of carbonyl (C=O) groups excluding carboxylic acids is 1. The van der Waals surface area contributed by atoms with Crippen molar-refractivity contribution >= 4 is 44.3 Å². The van der Waals surface area contributed by atoms with Gasteiger partial charge in [-0.25, -0.2) is 27.9 Å². The van der Waals surface area contributed by atoms with Crippen LogP contribution in [-0.4, -0.2) is 24.4 Å². The van der Waals surface area contributed by atoms with E-state index in [1.165, 1.54) is 35.2 Å². The van der Waals surface area contributed by atoms with E-state index in [4.69, 9.17) is 4.42 Å². The number of nitrogens with zero attached hydrogens (tertiary/aromatic N) is 2. The zero-order chi connectivity index (χ0) is 21.9. The molecule has 8 nitrogen and oxygen atoms in total. The Labute approximate surface area is 183 Å². The SMILES string of the molecule is Cc1cccc(S(=O)(=O)NC(=O)Nc2ncc(SCc3ncc(C(C)(C)C)o3)s2)c1. The topological polar surface area (TPSA) is 114 Å². The Morgan fingerprint density at radius 1 is 1.23 bits per heavy atom. The molecule has 160 valence electrons. The lowest BCUT2D eigenvalue weighted by Crippen LogP contribution is -2.34. The second kappa shape index (κ2) is 8.78. The largest absolute Gasteiger partial charge is 0.444 e. The van der Waals surface area contributed by atoms with Gasteiger partial charge in [-0.05, 0) is 24.6 Å². The van der Waals surface area contributed by atoms with E-state index in [-0.39, 0.29) is 15.4 Å². The molecule has 1 aromatic carbocycles. The number of carbonyl (C=O) groups is 1. The molecule has 2 aromatic heterocycles. The van der Waals surface area contributed by atoms with Crippen LogP contribution in [0.2, 0.25) is 0 Å². The molecular weight excluding hydrogens is 444 g/mol. The van der Waals surface area contributed by atoms with Crippen LogP contribution in [0.5, 0.6) is 0 Å². The predicted octanol–water partition coefficient (Wildman–Crippen LogP) is 4.54. The Morgan fingerprint density at radius 2 is 2.00 bits per heavy atom. The molecule has 0 aliphatic heterocycles. The van der Waals surface area contributed by atoms with Crippen LogP contribution in [-0.2, 0) is 21.2 Å². The van der Waals surface area contributed by atoms with Crippen LogP contribution in [0.15, 0.2) is 50.2 Å². The molecule has 0 radical (unpaired) electrons. The molecule has 2 N–H and O–H groups in total. The third-order valence-electron chi connectivity index (χ3n) is 3.86. The van der Waals surface area contributed by atoms with Gasteiger partial charge in [0, 0.05) is 5.41 Å². The number of hydrogen-bond acceptors (Lipinski definition) is 8. The maximum atomic E-state index is 12.3. The summed E-state index contributed by atoms with van der Waals surface area (Å²) in [4.78, 5) is 20.5.